The van der Waals surface area contributed by atoms with Crippen molar-refractivity contribution < 1.29 is 56.9 Å². The molecule has 63 heavy (non-hydrogen) atoms. The van der Waals surface area contributed by atoms with E-state index in [1.807, 2.05) is 12.1 Å². The number of rotatable bonds is 20. The second kappa shape index (κ2) is 21.2. The molecule has 4 aliphatic heterocycles. The van der Waals surface area contributed by atoms with E-state index in [1.54, 1.807) is 46.2 Å². The average Bonchev–Trinajstić information content (AvgIpc) is 3.55. The van der Waals surface area contributed by atoms with Crippen molar-refractivity contribution in [3.8, 4) is 0 Å². The Bertz CT molecular complexity index is 2280. The Kier molecular flexibility index (Phi) is 15.1. The molecule has 4 heterocycles. The molecule has 2 fully saturated rings. The summed E-state index contributed by atoms with van der Waals surface area (Å²) in [6, 6.07) is 15.5. The quantitative estimate of drug-likeness (QED) is 0.124. The van der Waals surface area contributed by atoms with Crippen LogP contribution < -0.4 is 10.6 Å². The molecule has 1 unspecified atom stereocenters. The van der Waals surface area contributed by atoms with Crippen molar-refractivity contribution in [1.29, 1.82) is 0 Å². The summed E-state index contributed by atoms with van der Waals surface area (Å²) >= 11 is 0. The highest BCUT2D eigenvalue weighted by atomic mass is 19.1. The molecule has 17 nitrogen and oxygen atoms in total. The zero-order valence-corrected chi connectivity index (χ0v) is 34.7. The molecule has 0 bridgehead atoms. The van der Waals surface area contributed by atoms with E-state index in [2.05, 4.69) is 15.6 Å². The fourth-order valence-corrected chi connectivity index (χ4v) is 7.84. The van der Waals surface area contributed by atoms with Gasteiger partial charge in [0.25, 0.3) is 17.7 Å². The number of carbonyl (C=O) groups excluding carboxylic acids is 7. The number of piperidine rings is 1. The smallest absolute Gasteiger partial charge is 0.264 e. The third-order valence-corrected chi connectivity index (χ3v) is 11.1. The van der Waals surface area contributed by atoms with Gasteiger partial charge < -0.3 is 34.1 Å². The highest BCUT2D eigenvalue weighted by molar-refractivity contribution is 6.25. The normalized spacial score (nSPS) is 17.4. The molecule has 0 spiro atoms. The van der Waals surface area contributed by atoms with Gasteiger partial charge in [0.1, 0.15) is 18.4 Å². The first-order chi connectivity index (χ1) is 30.6. The summed E-state index contributed by atoms with van der Waals surface area (Å²) in [7, 11) is 0. The van der Waals surface area contributed by atoms with E-state index in [9.17, 15) is 38.0 Å². The van der Waals surface area contributed by atoms with Gasteiger partial charge in [-0.3, -0.25) is 48.8 Å². The second-order valence-corrected chi connectivity index (χ2v) is 15.2. The van der Waals surface area contributed by atoms with Gasteiger partial charge in [0.2, 0.25) is 17.7 Å². The SMILES string of the molecule is O=C1CCC(N2C(=O)c3cccc(NCCOCCOCCOCCOCCC(=O)N4CCN(C(=O)c5cc(CC6=NCC(=O)c7ccccc76)ccc5F)CC4)c3C2=O)C(=O)N1. The number of Topliss-reactive ketones (excluding diaryl/α,β-unsaturated/α-hetero) is 1. The molecular weight excluding hydrogens is 820 g/mol. The van der Waals surface area contributed by atoms with Crippen LogP contribution in [0.25, 0.3) is 0 Å². The van der Waals surface area contributed by atoms with E-state index in [-0.39, 0.29) is 73.9 Å². The Balaban J connectivity index is 0.701. The molecule has 332 valence electrons. The highest BCUT2D eigenvalue weighted by Crippen LogP contribution is 2.32. The number of nitrogens with one attached hydrogen (secondary N) is 2. The molecule has 7 rings (SSSR count). The van der Waals surface area contributed by atoms with Crippen LogP contribution in [0.2, 0.25) is 0 Å². The van der Waals surface area contributed by atoms with E-state index >= 15 is 0 Å². The Morgan fingerprint density at radius 1 is 0.746 bits per heavy atom. The molecule has 4 aliphatic rings. The topological polar surface area (TPSA) is 203 Å². The number of piperazine rings is 1. The Hall–Kier alpha value is -6.21. The van der Waals surface area contributed by atoms with Crippen LogP contribution in [-0.4, -0.2) is 160 Å². The fourth-order valence-electron chi connectivity index (χ4n) is 7.84. The minimum atomic E-state index is -1.03. The van der Waals surface area contributed by atoms with E-state index in [0.29, 0.717) is 94.8 Å². The Morgan fingerprint density at radius 2 is 1.40 bits per heavy atom. The molecule has 0 radical (unpaired) electrons. The molecule has 0 aliphatic carbocycles. The maximum Gasteiger partial charge on any atom is 0.264 e. The molecule has 2 saturated heterocycles. The summed E-state index contributed by atoms with van der Waals surface area (Å²) in [4.78, 5) is 97.1. The monoisotopic (exact) mass is 868 g/mol. The van der Waals surface area contributed by atoms with Crippen molar-refractivity contribution in [2.24, 2.45) is 4.99 Å². The second-order valence-electron chi connectivity index (χ2n) is 15.2. The van der Waals surface area contributed by atoms with Crippen LogP contribution in [0.1, 0.15) is 71.8 Å². The van der Waals surface area contributed by atoms with Crippen molar-refractivity contribution in [1.82, 2.24) is 20.0 Å². The first-order valence-corrected chi connectivity index (χ1v) is 21.0. The lowest BCUT2D eigenvalue weighted by Crippen LogP contribution is -2.54. The largest absolute Gasteiger partial charge is 0.382 e. The third-order valence-electron chi connectivity index (χ3n) is 11.1. The first-order valence-electron chi connectivity index (χ1n) is 21.0. The lowest BCUT2D eigenvalue weighted by molar-refractivity contribution is -0.136. The van der Waals surface area contributed by atoms with Gasteiger partial charge in [0.15, 0.2) is 5.78 Å². The summed E-state index contributed by atoms with van der Waals surface area (Å²) < 4.78 is 37.2. The lowest BCUT2D eigenvalue weighted by Gasteiger charge is -2.35. The lowest BCUT2D eigenvalue weighted by atomic mass is 9.92. The van der Waals surface area contributed by atoms with E-state index < -0.39 is 41.4 Å². The minimum absolute atomic E-state index is 0.0385. The average molecular weight is 869 g/mol. The van der Waals surface area contributed by atoms with Gasteiger partial charge in [-0.15, -0.1) is 0 Å². The number of fused-ring (bicyclic) bond motifs is 2. The number of ketones is 1. The molecule has 0 saturated carbocycles. The van der Waals surface area contributed by atoms with Crippen LogP contribution in [-0.2, 0) is 39.8 Å². The first kappa shape index (κ1) is 44.8. The number of hydrogen-bond acceptors (Lipinski definition) is 13. The van der Waals surface area contributed by atoms with E-state index in [0.717, 1.165) is 10.5 Å². The summed E-state index contributed by atoms with van der Waals surface area (Å²) in [5.41, 5.74) is 3.57. The van der Waals surface area contributed by atoms with Gasteiger partial charge in [0.05, 0.1) is 76.0 Å². The molecule has 2 N–H and O–H groups in total. The van der Waals surface area contributed by atoms with Gasteiger partial charge in [-0.05, 0) is 36.2 Å². The van der Waals surface area contributed by atoms with Crippen LogP contribution in [0.3, 0.4) is 0 Å². The van der Waals surface area contributed by atoms with Gasteiger partial charge in [-0.25, -0.2) is 4.39 Å². The molecular formula is C45H49FN6O11. The summed E-state index contributed by atoms with van der Waals surface area (Å²) in [5.74, 6) is -3.45. The molecule has 18 heteroatoms. The standard InChI is InChI=1S/C45H49FN6O11/c46-34-9-8-29(27-36-30-4-1-2-5-31(30)38(53)28-48-36)26-33(34)43(57)51-16-14-50(15-17-51)40(55)12-18-60-20-22-62-24-25-63-23-21-61-19-13-47-35-7-3-6-32-41(35)45(59)52(44(32)58)37-10-11-39(54)49-42(37)56/h1-9,26,37,47H,10-25,27-28H2,(H,49,54,56). The number of nitrogens with zero attached hydrogens (tertiary/aromatic N) is 4. The van der Waals surface area contributed by atoms with E-state index in [1.165, 1.54) is 12.1 Å². The van der Waals surface area contributed by atoms with Crippen LogP contribution in [0, 0.1) is 5.82 Å². The summed E-state index contributed by atoms with van der Waals surface area (Å²) in [6.07, 6.45) is 0.659. The number of aliphatic imine (C=N–C) groups is 1. The third kappa shape index (κ3) is 10.9. The number of halogens is 1. The number of amides is 6. The van der Waals surface area contributed by atoms with Crippen LogP contribution in [0.5, 0.6) is 0 Å². The predicted molar refractivity (Wildman–Crippen MR) is 224 cm³/mol. The molecule has 0 aromatic heterocycles. The maximum atomic E-state index is 14.9. The maximum absolute atomic E-state index is 14.9. The zero-order valence-electron chi connectivity index (χ0n) is 34.7. The Labute approximate surface area is 362 Å². The van der Waals surface area contributed by atoms with Gasteiger partial charge in [0, 0.05) is 68.1 Å². The van der Waals surface area contributed by atoms with Gasteiger partial charge in [-0.2, -0.15) is 0 Å². The van der Waals surface area contributed by atoms with Crippen molar-refractivity contribution in [3.63, 3.8) is 0 Å². The summed E-state index contributed by atoms with van der Waals surface area (Å²) in [6.45, 7) is 4.08. The number of anilines is 1. The van der Waals surface area contributed by atoms with Gasteiger partial charge >= 0.3 is 0 Å². The van der Waals surface area contributed by atoms with Crippen LogP contribution >= 0.6 is 0 Å². The number of benzene rings is 3. The minimum Gasteiger partial charge on any atom is -0.382 e. The fraction of sp³-hybridized carbons (Fsp3) is 0.422. The molecule has 6 amide bonds. The summed E-state index contributed by atoms with van der Waals surface area (Å²) in [5, 5.41) is 5.31. The molecule has 1 atom stereocenters. The predicted octanol–water partition coefficient (Wildman–Crippen LogP) is 2.31. The highest BCUT2D eigenvalue weighted by Gasteiger charge is 2.45. The number of imide groups is 2. The van der Waals surface area contributed by atoms with E-state index in [4.69, 9.17) is 18.9 Å². The number of carbonyl (C=O) groups is 7. The van der Waals surface area contributed by atoms with Crippen LogP contribution in [0.15, 0.2) is 65.7 Å². The number of hydrogen-bond donors (Lipinski definition) is 2. The zero-order chi connectivity index (χ0) is 44.3. The van der Waals surface area contributed by atoms with Crippen LogP contribution in [0.4, 0.5) is 10.1 Å². The number of ether oxygens (including phenoxy) is 4. The van der Waals surface area contributed by atoms with Crippen molar-refractivity contribution in [2.75, 3.05) is 97.4 Å². The molecule has 3 aromatic carbocycles. The van der Waals surface area contributed by atoms with Crippen molar-refractivity contribution in [2.45, 2.75) is 31.7 Å². The van der Waals surface area contributed by atoms with Crippen molar-refractivity contribution in [3.05, 3.63) is 99.9 Å². The van der Waals surface area contributed by atoms with Crippen molar-refractivity contribution >= 4 is 52.6 Å². The van der Waals surface area contributed by atoms with Gasteiger partial charge in [-0.1, -0.05) is 36.4 Å². The Morgan fingerprint density at radius 3 is 2.11 bits per heavy atom. The molecule has 3 aromatic rings.